The number of aliphatic imine (C=N–C) groups is 1. The van der Waals surface area contributed by atoms with E-state index < -0.39 is 0 Å². The third kappa shape index (κ3) is 3.19. The highest BCUT2D eigenvalue weighted by molar-refractivity contribution is 8.14. The van der Waals surface area contributed by atoms with Gasteiger partial charge in [-0.1, -0.05) is 30.8 Å². The predicted molar refractivity (Wildman–Crippen MR) is 78.5 cm³/mol. The second kappa shape index (κ2) is 6.14. The first-order valence-corrected chi connectivity index (χ1v) is 7.32. The highest BCUT2D eigenvalue weighted by Crippen LogP contribution is 2.22. The van der Waals surface area contributed by atoms with Crippen LogP contribution in [0.3, 0.4) is 0 Å². The summed E-state index contributed by atoms with van der Waals surface area (Å²) in [5.41, 5.74) is 1.25. The molecule has 0 amide bonds. The first-order valence-electron chi connectivity index (χ1n) is 6.34. The molecule has 1 aliphatic heterocycles. The first kappa shape index (κ1) is 13.3. The van der Waals surface area contributed by atoms with Gasteiger partial charge in [0, 0.05) is 5.75 Å². The number of rotatable bonds is 4. The highest BCUT2D eigenvalue weighted by Gasteiger charge is 2.18. The molecule has 1 aromatic carbocycles. The number of hydrogen-bond donors (Lipinski definition) is 1. The van der Waals surface area contributed by atoms with Gasteiger partial charge in [0.25, 0.3) is 0 Å². The number of thioether (sulfide) groups is 1. The number of hydrogen-bond acceptors (Lipinski definition) is 4. The van der Waals surface area contributed by atoms with Crippen molar-refractivity contribution in [1.82, 2.24) is 5.32 Å². The zero-order valence-corrected chi connectivity index (χ0v) is 12.0. The van der Waals surface area contributed by atoms with Crippen molar-refractivity contribution in [3.05, 3.63) is 29.8 Å². The molecule has 1 N–H and O–H groups in total. The first-order chi connectivity index (χ1) is 8.72. The summed E-state index contributed by atoms with van der Waals surface area (Å²) in [7, 11) is 1.69. The van der Waals surface area contributed by atoms with Crippen molar-refractivity contribution in [1.29, 1.82) is 0 Å². The fraction of sp³-hybridized carbons (Fsp3) is 0.500. The van der Waals surface area contributed by atoms with Gasteiger partial charge < -0.3 is 10.1 Å². The van der Waals surface area contributed by atoms with E-state index in [1.165, 1.54) is 5.56 Å². The number of amidine groups is 1. The molecule has 1 aromatic rings. The van der Waals surface area contributed by atoms with Gasteiger partial charge in [-0.05, 0) is 31.0 Å². The Morgan fingerprint density at radius 3 is 2.72 bits per heavy atom. The summed E-state index contributed by atoms with van der Waals surface area (Å²) in [5.74, 6) is 2.00. The fourth-order valence-electron chi connectivity index (χ4n) is 1.86. The monoisotopic (exact) mass is 264 g/mol. The Morgan fingerprint density at radius 1 is 1.44 bits per heavy atom. The van der Waals surface area contributed by atoms with E-state index in [1.807, 2.05) is 23.9 Å². The van der Waals surface area contributed by atoms with Gasteiger partial charge in [0.1, 0.15) is 5.75 Å². The van der Waals surface area contributed by atoms with Gasteiger partial charge in [-0.2, -0.15) is 0 Å². The second-order valence-corrected chi connectivity index (χ2v) is 5.46. The molecule has 0 saturated heterocycles. The standard InChI is InChI=1S/C14H20N2OS/c1-4-12-9-18-14(16-12)15-10(2)11-5-7-13(17-3)8-6-11/h5-8,10,12H,4,9H2,1-3H3,(H,15,16). The van der Waals surface area contributed by atoms with Crippen LogP contribution in [0.2, 0.25) is 0 Å². The maximum atomic E-state index is 5.16. The van der Waals surface area contributed by atoms with Gasteiger partial charge in [-0.15, -0.1) is 0 Å². The molecule has 0 spiro atoms. The zero-order valence-electron chi connectivity index (χ0n) is 11.1. The van der Waals surface area contributed by atoms with Crippen molar-refractivity contribution < 1.29 is 4.74 Å². The van der Waals surface area contributed by atoms with Crippen LogP contribution in [0.15, 0.2) is 29.3 Å². The van der Waals surface area contributed by atoms with Crippen LogP contribution < -0.4 is 10.1 Å². The summed E-state index contributed by atoms with van der Waals surface area (Å²) in [5, 5.41) is 4.54. The molecule has 0 fully saturated rings. The molecule has 1 heterocycles. The maximum Gasteiger partial charge on any atom is 0.157 e. The molecule has 0 aliphatic carbocycles. The van der Waals surface area contributed by atoms with Crippen LogP contribution in [0.1, 0.15) is 31.9 Å². The summed E-state index contributed by atoms with van der Waals surface area (Å²) < 4.78 is 5.16. The van der Waals surface area contributed by atoms with Crippen molar-refractivity contribution >= 4 is 16.9 Å². The summed E-state index contributed by atoms with van der Waals surface area (Å²) in [6, 6.07) is 8.93. The predicted octanol–water partition coefficient (Wildman–Crippen LogP) is 3.23. The molecule has 0 saturated carbocycles. The third-order valence-corrected chi connectivity index (χ3v) is 4.19. The number of ether oxygens (including phenoxy) is 1. The fourth-order valence-corrected chi connectivity index (χ4v) is 3.01. The van der Waals surface area contributed by atoms with Crippen LogP contribution in [0, 0.1) is 0 Å². The summed E-state index contributed by atoms with van der Waals surface area (Å²) >= 11 is 1.82. The molecule has 1 aliphatic rings. The molecule has 2 rings (SSSR count). The van der Waals surface area contributed by atoms with Gasteiger partial charge in [0.05, 0.1) is 19.2 Å². The number of nitrogens with zero attached hydrogens (tertiary/aromatic N) is 1. The van der Waals surface area contributed by atoms with Gasteiger partial charge >= 0.3 is 0 Å². The largest absolute Gasteiger partial charge is 0.497 e. The second-order valence-electron chi connectivity index (χ2n) is 4.45. The van der Waals surface area contributed by atoms with Crippen LogP contribution in [0.5, 0.6) is 5.75 Å². The van der Waals surface area contributed by atoms with Gasteiger partial charge in [-0.25, -0.2) is 0 Å². The van der Waals surface area contributed by atoms with Crippen LogP contribution in [-0.2, 0) is 0 Å². The molecule has 18 heavy (non-hydrogen) atoms. The average Bonchev–Trinajstić information content (AvgIpc) is 2.86. The van der Waals surface area contributed by atoms with Gasteiger partial charge in [-0.3, -0.25) is 4.99 Å². The van der Waals surface area contributed by atoms with Crippen LogP contribution >= 0.6 is 11.8 Å². The van der Waals surface area contributed by atoms with E-state index in [2.05, 4.69) is 36.3 Å². The van der Waals surface area contributed by atoms with E-state index in [-0.39, 0.29) is 6.04 Å². The molecule has 2 atom stereocenters. The molecule has 0 aromatic heterocycles. The molecule has 0 bridgehead atoms. The summed E-state index contributed by atoms with van der Waals surface area (Å²) in [6.07, 6.45) is 1.12. The van der Waals surface area contributed by atoms with Crippen molar-refractivity contribution in [2.45, 2.75) is 32.4 Å². The Kier molecular flexibility index (Phi) is 4.53. The molecular formula is C14H20N2OS. The highest BCUT2D eigenvalue weighted by atomic mass is 32.2. The van der Waals surface area contributed by atoms with E-state index in [0.29, 0.717) is 6.04 Å². The minimum absolute atomic E-state index is 0.276. The Labute approximate surface area is 113 Å². The lowest BCUT2D eigenvalue weighted by Crippen LogP contribution is -2.22. The summed E-state index contributed by atoms with van der Waals surface area (Å²) in [6.45, 7) is 4.34. The van der Waals surface area contributed by atoms with E-state index in [1.54, 1.807) is 7.11 Å². The lowest BCUT2D eigenvalue weighted by molar-refractivity contribution is 0.414. The van der Waals surface area contributed by atoms with E-state index in [9.17, 15) is 0 Å². The Bertz CT molecular complexity index is 416. The van der Waals surface area contributed by atoms with Crippen LogP contribution in [-0.4, -0.2) is 24.1 Å². The third-order valence-electron chi connectivity index (χ3n) is 3.14. The minimum atomic E-state index is 0.276. The molecule has 2 unspecified atom stereocenters. The van der Waals surface area contributed by atoms with Crippen molar-refractivity contribution in [2.75, 3.05) is 12.9 Å². The zero-order chi connectivity index (χ0) is 13.0. The number of nitrogens with one attached hydrogen (secondary N) is 1. The smallest absolute Gasteiger partial charge is 0.157 e. The maximum absolute atomic E-state index is 5.16. The van der Waals surface area contributed by atoms with Gasteiger partial charge in [0.15, 0.2) is 5.17 Å². The average molecular weight is 264 g/mol. The Balaban J connectivity index is 1.97. The SMILES string of the molecule is CCC1CSC(NC(C)c2ccc(OC)cc2)=N1. The Morgan fingerprint density at radius 2 is 2.17 bits per heavy atom. The van der Waals surface area contributed by atoms with Crippen molar-refractivity contribution in [3.63, 3.8) is 0 Å². The lowest BCUT2D eigenvalue weighted by Gasteiger charge is -2.15. The summed E-state index contributed by atoms with van der Waals surface area (Å²) in [4.78, 5) is 4.65. The van der Waals surface area contributed by atoms with Crippen LogP contribution in [0.25, 0.3) is 0 Å². The Hall–Kier alpha value is -1.16. The van der Waals surface area contributed by atoms with E-state index in [0.717, 1.165) is 23.1 Å². The molecule has 4 heteroatoms. The minimum Gasteiger partial charge on any atom is -0.497 e. The molecular weight excluding hydrogens is 244 g/mol. The molecule has 3 nitrogen and oxygen atoms in total. The number of benzene rings is 1. The normalized spacial score (nSPS) is 20.4. The van der Waals surface area contributed by atoms with E-state index >= 15 is 0 Å². The van der Waals surface area contributed by atoms with Crippen molar-refractivity contribution in [2.24, 2.45) is 4.99 Å². The van der Waals surface area contributed by atoms with Crippen LogP contribution in [0.4, 0.5) is 0 Å². The van der Waals surface area contributed by atoms with E-state index in [4.69, 9.17) is 4.74 Å². The molecule has 98 valence electrons. The topological polar surface area (TPSA) is 33.6 Å². The van der Waals surface area contributed by atoms with Gasteiger partial charge in [0.2, 0.25) is 0 Å². The molecule has 0 radical (unpaired) electrons. The number of methoxy groups -OCH3 is 1. The quantitative estimate of drug-likeness (QED) is 0.906. The lowest BCUT2D eigenvalue weighted by atomic mass is 10.1. The van der Waals surface area contributed by atoms with Crippen molar-refractivity contribution in [3.8, 4) is 5.75 Å².